The predicted octanol–water partition coefficient (Wildman–Crippen LogP) is -2.66. The van der Waals surface area contributed by atoms with Crippen molar-refractivity contribution in [2.75, 3.05) is 16.2 Å². The van der Waals surface area contributed by atoms with E-state index in [0.717, 1.165) is 9.04 Å². The van der Waals surface area contributed by atoms with Crippen molar-refractivity contribution in [2.24, 2.45) is 5.92 Å². The van der Waals surface area contributed by atoms with Crippen LogP contribution in [0.3, 0.4) is 0 Å². The van der Waals surface area contributed by atoms with Gasteiger partial charge in [0.2, 0.25) is 0 Å². The van der Waals surface area contributed by atoms with E-state index in [4.69, 9.17) is 15.3 Å². The van der Waals surface area contributed by atoms with Crippen LogP contribution in [0.2, 0.25) is 0 Å². The normalized spacial score (nSPS) is 9.20. The molecule has 0 saturated heterocycles. The number of nitrogens with zero attached hydrogens (tertiary/aromatic N) is 2. The third kappa shape index (κ3) is 4.54. The molecule has 0 spiro atoms. The van der Waals surface area contributed by atoms with Crippen LogP contribution in [0.1, 0.15) is 0 Å². The molecule has 0 atom stereocenters. The average molecular weight is 251 g/mol. The van der Waals surface area contributed by atoms with E-state index in [1.54, 1.807) is 7.11 Å². The molecule has 0 unspecified atom stereocenters. The molecule has 0 aliphatic carbocycles. The summed E-state index contributed by atoms with van der Waals surface area (Å²) in [5.74, 6) is -0.414. The van der Waals surface area contributed by atoms with Crippen LogP contribution in [0.5, 0.6) is 0 Å². The summed E-state index contributed by atoms with van der Waals surface area (Å²) in [5.41, 5.74) is 0. The fourth-order valence-electron chi connectivity index (χ4n) is 0.329. The van der Waals surface area contributed by atoms with Gasteiger partial charge in [-0.05, 0) is 0 Å². The molecular weight excluding hydrogens is 243 g/mol. The molecule has 3 nitrogen and oxygen atoms in total. The molecule has 0 N–H and O–H groups in total. The summed E-state index contributed by atoms with van der Waals surface area (Å²) in [4.78, 5) is 0. The number of methoxy groups -OCH3 is 1. The van der Waals surface area contributed by atoms with Gasteiger partial charge in [0, 0.05) is 0 Å². The average Bonchev–Trinajstić information content (AvgIpc) is 1.99. The van der Waals surface area contributed by atoms with Crippen LogP contribution in [0.15, 0.2) is 0 Å². The summed E-state index contributed by atoms with van der Waals surface area (Å²) in [6, 6.07) is 3.84. The van der Waals surface area contributed by atoms with Crippen molar-refractivity contribution in [3.8, 4) is 12.1 Å². The Labute approximate surface area is 70.8 Å². The molecular formula is C6H8IN2O-. The maximum absolute atomic E-state index is 8.33. The van der Waals surface area contributed by atoms with Crippen LogP contribution in [-0.4, -0.2) is 16.2 Å². The van der Waals surface area contributed by atoms with Crippen molar-refractivity contribution in [2.45, 2.75) is 0 Å². The summed E-state index contributed by atoms with van der Waals surface area (Å²) in [7, 11) is 1.63. The summed E-state index contributed by atoms with van der Waals surface area (Å²) in [5, 5.41) is 16.7. The first-order valence-corrected chi connectivity index (χ1v) is 5.72. The Morgan fingerprint density at radius 1 is 1.50 bits per heavy atom. The number of nitriles is 2. The molecule has 56 valence electrons. The van der Waals surface area contributed by atoms with E-state index in [9.17, 15) is 0 Å². The number of ether oxygens (including phenoxy) is 1. The standard InChI is InChI=1S/C6H8IN2O/c1-10-5-7-2-6(3-8)4-9/h6H,2,5H2,1H3/q-1. The minimum absolute atomic E-state index is 0.0954. The topological polar surface area (TPSA) is 56.8 Å². The van der Waals surface area contributed by atoms with Crippen molar-refractivity contribution in [1.82, 2.24) is 0 Å². The van der Waals surface area contributed by atoms with Crippen LogP contribution in [0.25, 0.3) is 0 Å². The maximum atomic E-state index is 8.33. The Hall–Kier alpha value is -0.330. The zero-order chi connectivity index (χ0) is 7.82. The van der Waals surface area contributed by atoms with E-state index in [-0.39, 0.29) is 21.2 Å². The zero-order valence-electron chi connectivity index (χ0n) is 5.67. The second kappa shape index (κ2) is 6.79. The van der Waals surface area contributed by atoms with Crippen LogP contribution in [0.4, 0.5) is 0 Å². The monoisotopic (exact) mass is 251 g/mol. The molecule has 0 bridgehead atoms. The van der Waals surface area contributed by atoms with Gasteiger partial charge in [-0.1, -0.05) is 0 Å². The number of halogens is 1. The van der Waals surface area contributed by atoms with E-state index < -0.39 is 5.92 Å². The van der Waals surface area contributed by atoms with Gasteiger partial charge in [0.05, 0.1) is 0 Å². The fraction of sp³-hybridized carbons (Fsp3) is 0.667. The SMILES string of the molecule is COC[I-]CC(C#N)C#N. The predicted molar refractivity (Wildman–Crippen MR) is 31.5 cm³/mol. The van der Waals surface area contributed by atoms with Gasteiger partial charge in [0.1, 0.15) is 0 Å². The Bertz CT molecular complexity index is 144. The molecule has 0 heterocycles. The van der Waals surface area contributed by atoms with Gasteiger partial charge in [-0.15, -0.1) is 0 Å². The van der Waals surface area contributed by atoms with E-state index in [0.29, 0.717) is 0 Å². The van der Waals surface area contributed by atoms with Crippen LogP contribution in [-0.2, 0) is 4.74 Å². The third-order valence-electron chi connectivity index (χ3n) is 0.761. The molecule has 4 heteroatoms. The molecule has 0 aliphatic heterocycles. The first-order valence-electron chi connectivity index (χ1n) is 2.66. The Balaban J connectivity index is 3.31. The first kappa shape index (κ1) is 9.67. The third-order valence-corrected chi connectivity index (χ3v) is 3.33. The second-order valence-electron chi connectivity index (χ2n) is 1.55. The van der Waals surface area contributed by atoms with Crippen LogP contribution < -0.4 is 21.2 Å². The van der Waals surface area contributed by atoms with E-state index in [1.165, 1.54) is 0 Å². The molecule has 0 aromatic carbocycles. The minimum atomic E-state index is -0.414. The second-order valence-corrected chi connectivity index (χ2v) is 4.13. The van der Waals surface area contributed by atoms with Gasteiger partial charge in [-0.25, -0.2) is 0 Å². The Morgan fingerprint density at radius 2 is 2.10 bits per heavy atom. The van der Waals surface area contributed by atoms with Crippen molar-refractivity contribution in [3.63, 3.8) is 0 Å². The summed E-state index contributed by atoms with van der Waals surface area (Å²) in [6.45, 7) is 0. The molecule has 0 radical (unpaired) electrons. The first-order chi connectivity index (χ1) is 4.85. The molecule has 0 aromatic heterocycles. The molecule has 0 rings (SSSR count). The summed E-state index contributed by atoms with van der Waals surface area (Å²) in [6.07, 6.45) is 0. The molecule has 10 heavy (non-hydrogen) atoms. The van der Waals surface area contributed by atoms with Gasteiger partial charge in [-0.3, -0.25) is 0 Å². The molecule has 0 aliphatic rings. The molecule has 0 aromatic rings. The van der Waals surface area contributed by atoms with E-state index in [2.05, 4.69) is 0 Å². The molecule has 0 fully saturated rings. The zero-order valence-corrected chi connectivity index (χ0v) is 7.83. The van der Waals surface area contributed by atoms with Crippen molar-refractivity contribution in [1.29, 1.82) is 10.5 Å². The quantitative estimate of drug-likeness (QED) is 0.311. The number of hydrogen-bond acceptors (Lipinski definition) is 3. The van der Waals surface area contributed by atoms with Gasteiger partial charge in [0.25, 0.3) is 0 Å². The van der Waals surface area contributed by atoms with Crippen LogP contribution >= 0.6 is 0 Å². The number of alkyl halides is 2. The Morgan fingerprint density at radius 3 is 2.50 bits per heavy atom. The van der Waals surface area contributed by atoms with Crippen LogP contribution in [0, 0.1) is 28.6 Å². The number of rotatable bonds is 4. The van der Waals surface area contributed by atoms with Crippen molar-refractivity contribution >= 4 is 0 Å². The van der Waals surface area contributed by atoms with Gasteiger partial charge < -0.3 is 0 Å². The summed E-state index contributed by atoms with van der Waals surface area (Å²) < 4.78 is 6.27. The van der Waals surface area contributed by atoms with Gasteiger partial charge >= 0.3 is 70.7 Å². The van der Waals surface area contributed by atoms with Gasteiger partial charge in [-0.2, -0.15) is 0 Å². The summed E-state index contributed by atoms with van der Waals surface area (Å²) >= 11 is -0.0954. The molecule has 0 saturated carbocycles. The van der Waals surface area contributed by atoms with Gasteiger partial charge in [0.15, 0.2) is 0 Å². The fourth-order valence-corrected chi connectivity index (χ4v) is 2.04. The van der Waals surface area contributed by atoms with E-state index >= 15 is 0 Å². The van der Waals surface area contributed by atoms with E-state index in [1.807, 2.05) is 12.1 Å². The Kier molecular flexibility index (Phi) is 6.56. The van der Waals surface area contributed by atoms with Crippen molar-refractivity contribution in [3.05, 3.63) is 0 Å². The van der Waals surface area contributed by atoms with Crippen molar-refractivity contribution < 1.29 is 25.9 Å². The molecule has 0 amide bonds. The number of hydrogen-bond donors (Lipinski definition) is 0.